The quantitative estimate of drug-likeness (QED) is 0.776. The molecule has 1 rings (SSSR count). The zero-order valence-electron chi connectivity index (χ0n) is 7.44. The Morgan fingerprint density at radius 1 is 1.62 bits per heavy atom. The van der Waals surface area contributed by atoms with Crippen molar-refractivity contribution in [2.24, 2.45) is 0 Å². The van der Waals surface area contributed by atoms with Gasteiger partial charge in [-0.25, -0.2) is 0 Å². The zero-order valence-corrected chi connectivity index (χ0v) is 9.08. The van der Waals surface area contributed by atoms with E-state index in [2.05, 4.69) is 15.5 Å². The van der Waals surface area contributed by atoms with Gasteiger partial charge in [0.1, 0.15) is 0 Å². The summed E-state index contributed by atoms with van der Waals surface area (Å²) in [5, 5.41) is 20.2. The molecule has 0 fully saturated rings. The summed E-state index contributed by atoms with van der Waals surface area (Å²) in [6.07, 6.45) is 0. The Hall–Kier alpha value is -0.800. The summed E-state index contributed by atoms with van der Waals surface area (Å²) in [6.45, 7) is 4.09. The molecule has 1 aromatic heterocycles. The number of nitrogens with zero attached hydrogens (tertiary/aromatic N) is 3. The van der Waals surface area contributed by atoms with Gasteiger partial charge in [-0.05, 0) is 13.8 Å². The van der Waals surface area contributed by atoms with Crippen LogP contribution >= 0.6 is 23.1 Å². The SMILES string of the molecule is CC(C)Nc1nnc(SCC#N)s1. The van der Waals surface area contributed by atoms with Crippen molar-refractivity contribution < 1.29 is 0 Å². The molecule has 0 spiro atoms. The number of hydrogen-bond donors (Lipinski definition) is 1. The normalized spacial score (nSPS) is 10.0. The zero-order chi connectivity index (χ0) is 9.68. The highest BCUT2D eigenvalue weighted by molar-refractivity contribution is 8.01. The van der Waals surface area contributed by atoms with Crippen LogP contribution in [0.5, 0.6) is 0 Å². The van der Waals surface area contributed by atoms with Gasteiger partial charge in [-0.3, -0.25) is 0 Å². The van der Waals surface area contributed by atoms with Crippen molar-refractivity contribution in [3.63, 3.8) is 0 Å². The Morgan fingerprint density at radius 2 is 2.38 bits per heavy atom. The van der Waals surface area contributed by atoms with Crippen LogP contribution in [0.2, 0.25) is 0 Å². The van der Waals surface area contributed by atoms with E-state index in [1.807, 2.05) is 19.9 Å². The van der Waals surface area contributed by atoms with E-state index in [0.717, 1.165) is 9.47 Å². The molecule has 1 aromatic rings. The lowest BCUT2D eigenvalue weighted by atomic mass is 10.4. The van der Waals surface area contributed by atoms with E-state index in [-0.39, 0.29) is 0 Å². The fourth-order valence-corrected chi connectivity index (χ4v) is 2.23. The van der Waals surface area contributed by atoms with Gasteiger partial charge in [0.25, 0.3) is 0 Å². The van der Waals surface area contributed by atoms with E-state index >= 15 is 0 Å². The van der Waals surface area contributed by atoms with Gasteiger partial charge in [0, 0.05) is 6.04 Å². The third kappa shape index (κ3) is 3.61. The van der Waals surface area contributed by atoms with Gasteiger partial charge in [0.15, 0.2) is 4.34 Å². The molecule has 0 atom stereocenters. The second-order valence-corrected chi connectivity index (χ2v) is 4.82. The maximum atomic E-state index is 8.35. The van der Waals surface area contributed by atoms with Gasteiger partial charge in [-0.1, -0.05) is 23.1 Å². The van der Waals surface area contributed by atoms with Crippen molar-refractivity contribution in [3.8, 4) is 6.07 Å². The summed E-state index contributed by atoms with van der Waals surface area (Å²) in [6, 6.07) is 2.41. The van der Waals surface area contributed by atoms with E-state index < -0.39 is 0 Å². The van der Waals surface area contributed by atoms with Crippen molar-refractivity contribution in [2.75, 3.05) is 11.1 Å². The number of thioether (sulfide) groups is 1. The second-order valence-electron chi connectivity index (χ2n) is 2.62. The summed E-state index contributed by atoms with van der Waals surface area (Å²) < 4.78 is 0.838. The molecule has 0 aliphatic carbocycles. The molecule has 0 radical (unpaired) electrons. The monoisotopic (exact) mass is 214 g/mol. The highest BCUT2D eigenvalue weighted by atomic mass is 32.2. The molecule has 6 heteroatoms. The third-order valence-corrected chi connectivity index (χ3v) is 2.93. The Morgan fingerprint density at radius 3 is 3.00 bits per heavy atom. The number of anilines is 1. The van der Waals surface area contributed by atoms with Gasteiger partial charge in [-0.15, -0.1) is 10.2 Å². The van der Waals surface area contributed by atoms with Crippen molar-refractivity contribution in [3.05, 3.63) is 0 Å². The van der Waals surface area contributed by atoms with Crippen molar-refractivity contribution in [1.82, 2.24) is 10.2 Å². The largest absolute Gasteiger partial charge is 0.358 e. The van der Waals surface area contributed by atoms with E-state index in [1.54, 1.807) is 0 Å². The average Bonchev–Trinajstić information content (AvgIpc) is 2.48. The Kier molecular flexibility index (Phi) is 3.99. The van der Waals surface area contributed by atoms with Crippen LogP contribution in [-0.4, -0.2) is 22.0 Å². The van der Waals surface area contributed by atoms with E-state index in [9.17, 15) is 0 Å². The minimum atomic E-state index is 0.363. The van der Waals surface area contributed by atoms with Crippen LogP contribution < -0.4 is 5.32 Å². The highest BCUT2D eigenvalue weighted by Crippen LogP contribution is 2.25. The summed E-state index contributed by atoms with van der Waals surface area (Å²) in [4.78, 5) is 0. The summed E-state index contributed by atoms with van der Waals surface area (Å²) in [5.74, 6) is 0.427. The van der Waals surface area contributed by atoms with Crippen LogP contribution in [0.25, 0.3) is 0 Å². The fraction of sp³-hybridized carbons (Fsp3) is 0.571. The second kappa shape index (κ2) is 5.04. The Labute approximate surface area is 85.4 Å². The first-order chi connectivity index (χ1) is 6.22. The number of nitrogens with one attached hydrogen (secondary N) is 1. The highest BCUT2D eigenvalue weighted by Gasteiger charge is 2.04. The van der Waals surface area contributed by atoms with Crippen LogP contribution in [0.15, 0.2) is 4.34 Å². The van der Waals surface area contributed by atoms with Crippen LogP contribution in [0.4, 0.5) is 5.13 Å². The van der Waals surface area contributed by atoms with Gasteiger partial charge in [0.2, 0.25) is 5.13 Å². The number of rotatable bonds is 4. The first-order valence-corrected chi connectivity index (χ1v) is 5.62. The molecule has 1 heterocycles. The minimum Gasteiger partial charge on any atom is -0.358 e. The lowest BCUT2D eigenvalue weighted by Crippen LogP contribution is -2.08. The van der Waals surface area contributed by atoms with Crippen LogP contribution in [0, 0.1) is 11.3 Å². The molecule has 4 nitrogen and oxygen atoms in total. The Balaban J connectivity index is 2.49. The molecule has 0 aliphatic rings. The summed E-state index contributed by atoms with van der Waals surface area (Å²) in [5.41, 5.74) is 0. The standard InChI is InChI=1S/C7H10N4S2/c1-5(2)9-6-10-11-7(13-6)12-4-3-8/h5H,4H2,1-2H3,(H,9,10). The number of hydrogen-bond acceptors (Lipinski definition) is 6. The lowest BCUT2D eigenvalue weighted by Gasteiger charge is -2.02. The molecule has 70 valence electrons. The number of aromatic nitrogens is 2. The number of nitriles is 1. The van der Waals surface area contributed by atoms with Crippen molar-refractivity contribution >= 4 is 28.2 Å². The van der Waals surface area contributed by atoms with Crippen LogP contribution in [-0.2, 0) is 0 Å². The molecule has 0 unspecified atom stereocenters. The topological polar surface area (TPSA) is 61.6 Å². The fourth-order valence-electron chi connectivity index (χ4n) is 0.667. The molecule has 13 heavy (non-hydrogen) atoms. The van der Waals surface area contributed by atoms with Gasteiger partial charge >= 0.3 is 0 Å². The van der Waals surface area contributed by atoms with Crippen molar-refractivity contribution in [2.45, 2.75) is 24.2 Å². The maximum absolute atomic E-state index is 8.35. The predicted octanol–water partition coefficient (Wildman–Crippen LogP) is 1.97. The molecular weight excluding hydrogens is 204 g/mol. The first-order valence-electron chi connectivity index (χ1n) is 3.82. The summed E-state index contributed by atoms with van der Waals surface area (Å²) in [7, 11) is 0. The molecule has 1 N–H and O–H groups in total. The average molecular weight is 214 g/mol. The first kappa shape index (κ1) is 10.3. The van der Waals surface area contributed by atoms with E-state index in [1.165, 1.54) is 23.1 Å². The summed E-state index contributed by atoms with van der Waals surface area (Å²) >= 11 is 2.89. The third-order valence-electron chi connectivity index (χ3n) is 1.08. The molecule has 0 bridgehead atoms. The lowest BCUT2D eigenvalue weighted by molar-refractivity contribution is 0.883. The maximum Gasteiger partial charge on any atom is 0.206 e. The van der Waals surface area contributed by atoms with Crippen LogP contribution in [0.3, 0.4) is 0 Å². The van der Waals surface area contributed by atoms with Gasteiger partial charge in [-0.2, -0.15) is 5.26 Å². The van der Waals surface area contributed by atoms with Gasteiger partial charge in [0.05, 0.1) is 11.8 Å². The molecule has 0 saturated carbocycles. The molecular formula is C7H10N4S2. The molecule has 0 amide bonds. The smallest absolute Gasteiger partial charge is 0.206 e. The molecule has 0 saturated heterocycles. The van der Waals surface area contributed by atoms with Gasteiger partial charge < -0.3 is 5.32 Å². The Bertz CT molecular complexity index is 302. The molecule has 0 aromatic carbocycles. The van der Waals surface area contributed by atoms with Crippen LogP contribution in [0.1, 0.15) is 13.8 Å². The van der Waals surface area contributed by atoms with Crippen molar-refractivity contribution in [1.29, 1.82) is 5.26 Å². The molecule has 0 aliphatic heterocycles. The minimum absolute atomic E-state index is 0.363. The predicted molar refractivity (Wildman–Crippen MR) is 55.0 cm³/mol. The van der Waals surface area contributed by atoms with E-state index in [0.29, 0.717) is 11.8 Å². The van der Waals surface area contributed by atoms with E-state index in [4.69, 9.17) is 5.26 Å².